The van der Waals surface area contributed by atoms with E-state index in [4.69, 9.17) is 14.2 Å². The van der Waals surface area contributed by atoms with E-state index in [1.807, 2.05) is 37.3 Å². The molecule has 184 valence electrons. The van der Waals surface area contributed by atoms with Gasteiger partial charge in [-0.2, -0.15) is 0 Å². The molecular formula is C27H23BrN2O6. The van der Waals surface area contributed by atoms with E-state index in [0.29, 0.717) is 45.9 Å². The number of hydrogen-bond donors (Lipinski definition) is 0. The fourth-order valence-corrected chi connectivity index (χ4v) is 4.30. The Kier molecular flexibility index (Phi) is 7.80. The van der Waals surface area contributed by atoms with Gasteiger partial charge in [0.15, 0.2) is 17.2 Å². The van der Waals surface area contributed by atoms with Gasteiger partial charge >= 0.3 is 5.97 Å². The summed E-state index contributed by atoms with van der Waals surface area (Å²) in [5, 5.41) is 11.3. The maximum Gasteiger partial charge on any atom is 0.363 e. The highest BCUT2D eigenvalue weighted by Crippen LogP contribution is 2.38. The average molecular weight is 551 g/mol. The minimum atomic E-state index is -0.645. The van der Waals surface area contributed by atoms with Crippen LogP contribution in [0.25, 0.3) is 6.08 Å². The first-order valence-electron chi connectivity index (χ1n) is 11.3. The van der Waals surface area contributed by atoms with Crippen molar-refractivity contribution in [1.82, 2.24) is 0 Å². The van der Waals surface area contributed by atoms with Gasteiger partial charge in [0, 0.05) is 23.6 Å². The molecule has 0 radical (unpaired) electrons. The third-order valence-electron chi connectivity index (χ3n) is 5.47. The molecule has 3 aromatic rings. The van der Waals surface area contributed by atoms with Crippen molar-refractivity contribution in [2.24, 2.45) is 4.99 Å². The number of esters is 1. The highest BCUT2D eigenvalue weighted by Gasteiger charge is 2.27. The van der Waals surface area contributed by atoms with Gasteiger partial charge in [-0.3, -0.25) is 10.1 Å². The maximum atomic E-state index is 12.5. The summed E-state index contributed by atoms with van der Waals surface area (Å²) in [7, 11) is 0. The predicted molar refractivity (Wildman–Crippen MR) is 139 cm³/mol. The molecule has 0 bridgehead atoms. The van der Waals surface area contributed by atoms with Gasteiger partial charge in [0.05, 0.1) is 22.6 Å². The first-order valence-corrected chi connectivity index (χ1v) is 12.1. The van der Waals surface area contributed by atoms with Crippen LogP contribution in [0.4, 0.5) is 5.69 Å². The van der Waals surface area contributed by atoms with E-state index >= 15 is 0 Å². The van der Waals surface area contributed by atoms with Crippen molar-refractivity contribution in [2.45, 2.75) is 20.3 Å². The normalized spacial score (nSPS) is 13.9. The molecule has 0 spiro atoms. The number of halogens is 1. The summed E-state index contributed by atoms with van der Waals surface area (Å²) in [6.07, 6.45) is 2.31. The van der Waals surface area contributed by atoms with E-state index in [-0.39, 0.29) is 17.3 Å². The summed E-state index contributed by atoms with van der Waals surface area (Å²) in [6.45, 7) is 4.36. The van der Waals surface area contributed by atoms with Crippen molar-refractivity contribution < 1.29 is 23.9 Å². The zero-order valence-corrected chi connectivity index (χ0v) is 21.3. The van der Waals surface area contributed by atoms with E-state index < -0.39 is 10.9 Å². The number of carbonyl (C=O) groups is 1. The number of cyclic esters (lactones) is 1. The van der Waals surface area contributed by atoms with E-state index in [1.165, 1.54) is 17.7 Å². The number of rotatable bonds is 9. The van der Waals surface area contributed by atoms with Crippen LogP contribution in [0.3, 0.4) is 0 Å². The van der Waals surface area contributed by atoms with Crippen LogP contribution in [-0.4, -0.2) is 30.0 Å². The van der Waals surface area contributed by atoms with Crippen LogP contribution in [0.15, 0.2) is 75.8 Å². The molecule has 0 aromatic heterocycles. The Morgan fingerprint density at radius 2 is 1.89 bits per heavy atom. The van der Waals surface area contributed by atoms with Crippen LogP contribution in [0.2, 0.25) is 0 Å². The number of benzene rings is 3. The molecule has 9 heteroatoms. The molecular weight excluding hydrogens is 528 g/mol. The van der Waals surface area contributed by atoms with Gasteiger partial charge in [0.2, 0.25) is 5.90 Å². The standard InChI is InChI=1S/C27H23BrN2O6/c1-3-34-24-16-19(14-21(28)25(24)35-13-12-18-8-5-4-6-9-18)15-22-27(31)36-26(29-22)20-10-7-11-23(17(20)2)30(32)33/h4-11,14-16H,3,12-13H2,1-2H3/b22-15-. The molecule has 0 fully saturated rings. The van der Waals surface area contributed by atoms with Crippen LogP contribution < -0.4 is 9.47 Å². The third kappa shape index (κ3) is 5.63. The van der Waals surface area contributed by atoms with Gasteiger partial charge in [-0.25, -0.2) is 9.79 Å². The SMILES string of the molecule is CCOc1cc(/C=C2\N=C(c3cccc([N+](=O)[O-])c3C)OC2=O)cc(Br)c1OCCc1ccccc1. The second-order valence-electron chi connectivity index (χ2n) is 7.89. The molecule has 1 aliphatic heterocycles. The van der Waals surface area contributed by atoms with Gasteiger partial charge in [0.25, 0.3) is 5.69 Å². The van der Waals surface area contributed by atoms with Crippen LogP contribution in [0.5, 0.6) is 11.5 Å². The van der Waals surface area contributed by atoms with Crippen molar-refractivity contribution in [3.63, 3.8) is 0 Å². The molecule has 0 unspecified atom stereocenters. The Balaban J connectivity index is 1.60. The average Bonchev–Trinajstić information content (AvgIpc) is 3.21. The minimum absolute atomic E-state index is 0.0254. The van der Waals surface area contributed by atoms with Gasteiger partial charge in [-0.1, -0.05) is 36.4 Å². The summed E-state index contributed by atoms with van der Waals surface area (Å²) in [4.78, 5) is 27.6. The highest BCUT2D eigenvalue weighted by atomic mass is 79.9. The van der Waals surface area contributed by atoms with Crippen LogP contribution >= 0.6 is 15.9 Å². The van der Waals surface area contributed by atoms with Crippen LogP contribution in [0, 0.1) is 17.0 Å². The number of hydrogen-bond acceptors (Lipinski definition) is 7. The summed E-state index contributed by atoms with van der Waals surface area (Å²) in [6, 6.07) is 18.1. The molecule has 3 aromatic carbocycles. The molecule has 8 nitrogen and oxygen atoms in total. The largest absolute Gasteiger partial charge is 0.490 e. The molecule has 0 amide bonds. The lowest BCUT2D eigenvalue weighted by Gasteiger charge is -2.15. The Labute approximate surface area is 216 Å². The van der Waals surface area contributed by atoms with Crippen molar-refractivity contribution in [3.05, 3.63) is 103 Å². The zero-order chi connectivity index (χ0) is 25.7. The number of ether oxygens (including phenoxy) is 3. The molecule has 0 N–H and O–H groups in total. The Morgan fingerprint density at radius 3 is 2.61 bits per heavy atom. The van der Waals surface area contributed by atoms with Crippen molar-refractivity contribution in [3.8, 4) is 11.5 Å². The summed E-state index contributed by atoms with van der Waals surface area (Å²) in [5.41, 5.74) is 2.57. The summed E-state index contributed by atoms with van der Waals surface area (Å²) in [5.74, 6) is 0.475. The van der Waals surface area contributed by atoms with E-state index in [9.17, 15) is 14.9 Å². The monoisotopic (exact) mass is 550 g/mol. The fourth-order valence-electron chi connectivity index (χ4n) is 3.73. The van der Waals surface area contributed by atoms with Gasteiger partial charge in [-0.05, 0) is 65.2 Å². The van der Waals surface area contributed by atoms with Gasteiger partial charge in [-0.15, -0.1) is 0 Å². The first-order chi connectivity index (χ1) is 17.4. The zero-order valence-electron chi connectivity index (χ0n) is 19.7. The Bertz CT molecular complexity index is 1370. The van der Waals surface area contributed by atoms with Gasteiger partial charge in [0.1, 0.15) is 0 Å². The van der Waals surface area contributed by atoms with Crippen molar-refractivity contribution >= 4 is 39.6 Å². The summed E-state index contributed by atoms with van der Waals surface area (Å²) >= 11 is 3.55. The van der Waals surface area contributed by atoms with Crippen molar-refractivity contribution in [1.29, 1.82) is 0 Å². The molecule has 0 atom stereocenters. The molecule has 0 saturated heterocycles. The summed E-state index contributed by atoms with van der Waals surface area (Å²) < 4.78 is 17.8. The lowest BCUT2D eigenvalue weighted by Crippen LogP contribution is -2.08. The highest BCUT2D eigenvalue weighted by molar-refractivity contribution is 9.10. The molecule has 1 heterocycles. The Morgan fingerprint density at radius 1 is 1.11 bits per heavy atom. The molecule has 0 aliphatic carbocycles. The van der Waals surface area contributed by atoms with Crippen LogP contribution in [0.1, 0.15) is 29.2 Å². The quantitative estimate of drug-likeness (QED) is 0.139. The van der Waals surface area contributed by atoms with E-state index in [1.54, 1.807) is 31.2 Å². The topological polar surface area (TPSA) is 100 Å². The maximum absolute atomic E-state index is 12.5. The number of nitrogens with zero attached hydrogens (tertiary/aromatic N) is 2. The third-order valence-corrected chi connectivity index (χ3v) is 6.06. The molecule has 36 heavy (non-hydrogen) atoms. The smallest absolute Gasteiger partial charge is 0.363 e. The van der Waals surface area contributed by atoms with Crippen LogP contribution in [-0.2, 0) is 16.0 Å². The predicted octanol–water partition coefficient (Wildman–Crippen LogP) is 6.03. The fraction of sp³-hybridized carbons (Fsp3) is 0.185. The lowest BCUT2D eigenvalue weighted by atomic mass is 10.1. The first kappa shape index (κ1) is 25.1. The number of aliphatic imine (C=N–C) groups is 1. The van der Waals surface area contributed by atoms with E-state index in [0.717, 1.165) is 6.42 Å². The molecule has 1 aliphatic rings. The van der Waals surface area contributed by atoms with Crippen molar-refractivity contribution in [2.75, 3.05) is 13.2 Å². The number of nitro benzene ring substituents is 1. The number of carbonyl (C=O) groups excluding carboxylic acids is 1. The second kappa shape index (κ2) is 11.2. The lowest BCUT2D eigenvalue weighted by molar-refractivity contribution is -0.385. The molecule has 0 saturated carbocycles. The number of nitro groups is 1. The second-order valence-corrected chi connectivity index (χ2v) is 8.74. The minimum Gasteiger partial charge on any atom is -0.490 e. The van der Waals surface area contributed by atoms with Gasteiger partial charge < -0.3 is 14.2 Å². The molecule has 4 rings (SSSR count). The Hall–Kier alpha value is -3.98. The van der Waals surface area contributed by atoms with E-state index in [2.05, 4.69) is 20.9 Å².